The fraction of sp³-hybridized carbons (Fsp3) is 0.750. The summed E-state index contributed by atoms with van der Waals surface area (Å²) in [6.45, 7) is 0.414. The molecule has 0 heterocycles. The third kappa shape index (κ3) is 2.14. The first-order valence-electron chi connectivity index (χ1n) is 1.95. The summed E-state index contributed by atoms with van der Waals surface area (Å²) in [5, 5.41) is 9.58. The number of hydrogen-bond donors (Lipinski definition) is 0. The summed E-state index contributed by atoms with van der Waals surface area (Å²) in [4.78, 5) is 9.58. The molecule has 0 fully saturated rings. The molecule has 0 aliphatic carbocycles. The first-order chi connectivity index (χ1) is 3.18. The molecule has 1 radical (unpaired) electrons. The predicted molar refractivity (Wildman–Crippen MR) is 20.8 cm³/mol. The van der Waals surface area contributed by atoms with Crippen molar-refractivity contribution in [3.8, 4) is 0 Å². The lowest BCUT2D eigenvalue weighted by molar-refractivity contribution is -0.147. The van der Waals surface area contributed by atoms with E-state index in [0.29, 0.717) is 0 Å². The average Bonchev–Trinajstić information content (AvgIpc) is 1.65. The van der Waals surface area contributed by atoms with E-state index in [1.807, 2.05) is 0 Å². The van der Waals surface area contributed by atoms with Gasteiger partial charge in [-0.2, -0.15) is 0 Å². The maximum Gasteiger partial charge on any atom is 0.360 e. The third-order valence-electron chi connectivity index (χ3n) is 0.634. The van der Waals surface area contributed by atoms with Crippen LogP contribution in [0.4, 0.5) is 4.39 Å². The summed E-state index contributed by atoms with van der Waals surface area (Å²) in [7, 11) is 0. The van der Waals surface area contributed by atoms with E-state index in [2.05, 4.69) is 0 Å². The van der Waals surface area contributed by atoms with E-state index in [1.165, 1.54) is 6.92 Å². The number of rotatable bonds is 2. The largest absolute Gasteiger partial charge is 0.360 e. The molecular weight excluding hydrogens is 99.0 g/mol. The van der Waals surface area contributed by atoms with Gasteiger partial charge in [0.15, 0.2) is 0 Å². The van der Waals surface area contributed by atoms with Crippen molar-refractivity contribution in [3.05, 3.63) is 0 Å². The lowest BCUT2D eigenvalue weighted by atomic mass is 10.2. The number of alkyl halides is 1. The quantitative estimate of drug-likeness (QED) is 0.505. The van der Waals surface area contributed by atoms with Gasteiger partial charge in [-0.05, 0) is 6.92 Å². The molecule has 7 heavy (non-hydrogen) atoms. The second-order valence-corrected chi connectivity index (χ2v) is 1.37. The maximum atomic E-state index is 11.2. The van der Waals surface area contributed by atoms with E-state index in [4.69, 9.17) is 0 Å². The van der Waals surface area contributed by atoms with Crippen LogP contribution in [0.25, 0.3) is 0 Å². The molecule has 0 aromatic rings. The Morgan fingerprint density at radius 3 is 2.29 bits per heavy atom. The highest BCUT2D eigenvalue weighted by atomic mass is 19.1. The first kappa shape index (κ1) is 6.40. The Morgan fingerprint density at radius 1 is 1.86 bits per heavy atom. The predicted octanol–water partition coefficient (Wildman–Crippen LogP) is 0.549. The Bertz CT molecular complexity index is 72.1. The van der Waals surface area contributed by atoms with Crippen molar-refractivity contribution >= 4 is 5.97 Å². The highest BCUT2D eigenvalue weighted by molar-refractivity contribution is 5.69. The molecule has 0 unspecified atom stereocenters. The van der Waals surface area contributed by atoms with E-state index in [-0.39, 0.29) is 0 Å². The van der Waals surface area contributed by atoms with Crippen molar-refractivity contribution in [3.63, 3.8) is 0 Å². The van der Waals surface area contributed by atoms with Gasteiger partial charge in [0.2, 0.25) is 0 Å². The zero-order valence-corrected chi connectivity index (χ0v) is 3.98. The van der Waals surface area contributed by atoms with E-state index >= 15 is 0 Å². The Morgan fingerprint density at radius 2 is 2.29 bits per heavy atom. The highest BCUT2D eigenvalue weighted by Crippen LogP contribution is 1.93. The van der Waals surface area contributed by atoms with Crippen LogP contribution in [0.5, 0.6) is 0 Å². The molecule has 0 amide bonds. The van der Waals surface area contributed by atoms with Crippen LogP contribution in [0.1, 0.15) is 6.92 Å². The Kier molecular flexibility index (Phi) is 2.33. The van der Waals surface area contributed by atoms with Crippen LogP contribution in [0.3, 0.4) is 0 Å². The number of carbonyl (C=O) groups excluding carboxylic acids is 1. The van der Waals surface area contributed by atoms with Crippen LogP contribution in [0.2, 0.25) is 0 Å². The zero-order chi connectivity index (χ0) is 5.86. The van der Waals surface area contributed by atoms with Crippen LogP contribution in [-0.2, 0) is 9.90 Å². The number of carbonyl (C=O) groups is 1. The van der Waals surface area contributed by atoms with Gasteiger partial charge in [-0.15, -0.1) is 0 Å². The minimum Gasteiger partial charge on any atom is -0.250 e. The summed E-state index contributed by atoms with van der Waals surface area (Å²) < 4.78 is 11.2. The molecule has 0 aliphatic heterocycles. The van der Waals surface area contributed by atoms with Gasteiger partial charge in [-0.25, -0.2) is 9.90 Å². The number of halogens is 1. The topological polar surface area (TPSA) is 37.0 Å². The van der Waals surface area contributed by atoms with Gasteiger partial charge in [0, 0.05) is 0 Å². The van der Waals surface area contributed by atoms with Gasteiger partial charge in [0.05, 0.1) is 5.92 Å². The monoisotopic (exact) mass is 105 g/mol. The molecule has 0 aliphatic rings. The molecule has 0 bridgehead atoms. The standard InChI is InChI=1S/C4H6FO2/c1-3(2-5)4(6)7/h3H,2H2,1H3/t3-/m0/s1. The van der Waals surface area contributed by atoms with Gasteiger partial charge in [-0.1, -0.05) is 0 Å². The minimum atomic E-state index is -1.33. The number of hydrogen-bond acceptors (Lipinski definition) is 1. The lowest BCUT2D eigenvalue weighted by Gasteiger charge is -1.90. The smallest absolute Gasteiger partial charge is 0.250 e. The van der Waals surface area contributed by atoms with Gasteiger partial charge >= 0.3 is 5.97 Å². The van der Waals surface area contributed by atoms with Crippen LogP contribution >= 0.6 is 0 Å². The van der Waals surface area contributed by atoms with Crippen molar-refractivity contribution in [2.24, 2.45) is 5.92 Å². The minimum absolute atomic E-state index is 0.845. The summed E-state index contributed by atoms with van der Waals surface area (Å²) in [5.74, 6) is -2.29. The van der Waals surface area contributed by atoms with Gasteiger partial charge in [0.1, 0.15) is 6.67 Å². The molecule has 2 nitrogen and oxygen atoms in total. The molecular formula is C4H6FO2. The average molecular weight is 105 g/mol. The summed E-state index contributed by atoms with van der Waals surface area (Å²) >= 11 is 0. The van der Waals surface area contributed by atoms with Crippen molar-refractivity contribution in [1.82, 2.24) is 0 Å². The van der Waals surface area contributed by atoms with Crippen molar-refractivity contribution in [1.29, 1.82) is 0 Å². The van der Waals surface area contributed by atoms with Crippen LogP contribution in [-0.4, -0.2) is 12.6 Å². The van der Waals surface area contributed by atoms with E-state index in [1.54, 1.807) is 0 Å². The molecule has 1 atom stereocenters. The molecule has 41 valence electrons. The van der Waals surface area contributed by atoms with E-state index in [9.17, 15) is 14.3 Å². The molecule has 0 saturated carbocycles. The maximum absolute atomic E-state index is 11.2. The Hall–Kier alpha value is -0.600. The van der Waals surface area contributed by atoms with Crippen molar-refractivity contribution in [2.75, 3.05) is 6.67 Å². The highest BCUT2D eigenvalue weighted by Gasteiger charge is 2.10. The molecule has 0 aromatic carbocycles. The third-order valence-corrected chi connectivity index (χ3v) is 0.634. The second kappa shape index (κ2) is 2.55. The molecule has 0 saturated heterocycles. The molecule has 0 spiro atoms. The molecule has 0 N–H and O–H groups in total. The SMILES string of the molecule is C[C@@H](CF)C([O])=O. The summed E-state index contributed by atoms with van der Waals surface area (Å²) in [6.07, 6.45) is 0. The summed E-state index contributed by atoms with van der Waals surface area (Å²) in [5.41, 5.74) is 0. The van der Waals surface area contributed by atoms with E-state index < -0.39 is 18.6 Å². The van der Waals surface area contributed by atoms with Crippen LogP contribution in [0.15, 0.2) is 0 Å². The first-order valence-corrected chi connectivity index (χ1v) is 1.95. The van der Waals surface area contributed by atoms with Crippen LogP contribution < -0.4 is 0 Å². The zero-order valence-electron chi connectivity index (χ0n) is 3.98. The Balaban J connectivity index is 3.34. The molecule has 0 rings (SSSR count). The van der Waals surface area contributed by atoms with Gasteiger partial charge < -0.3 is 0 Å². The lowest BCUT2D eigenvalue weighted by Crippen LogP contribution is -2.08. The molecule has 0 aromatic heterocycles. The van der Waals surface area contributed by atoms with Crippen LogP contribution in [0, 0.1) is 5.92 Å². The van der Waals surface area contributed by atoms with E-state index in [0.717, 1.165) is 0 Å². The van der Waals surface area contributed by atoms with Gasteiger partial charge in [-0.3, -0.25) is 4.39 Å². The van der Waals surface area contributed by atoms with Crippen molar-refractivity contribution in [2.45, 2.75) is 6.92 Å². The normalized spacial score (nSPS) is 13.4. The summed E-state index contributed by atoms with van der Waals surface area (Å²) in [6, 6.07) is 0. The van der Waals surface area contributed by atoms with Gasteiger partial charge in [0.25, 0.3) is 0 Å². The van der Waals surface area contributed by atoms with Crippen molar-refractivity contribution < 1.29 is 14.3 Å². The fourth-order valence-corrected chi connectivity index (χ4v) is 0.0630. The fourth-order valence-electron chi connectivity index (χ4n) is 0.0630. The molecule has 3 heteroatoms. The second-order valence-electron chi connectivity index (χ2n) is 1.37. The Labute approximate surface area is 41.0 Å².